The Hall–Kier alpha value is -0.0700. The zero-order valence-electron chi connectivity index (χ0n) is 7.52. The lowest BCUT2D eigenvalue weighted by molar-refractivity contribution is 0.172. The fraction of sp³-hybridized carbons (Fsp3) is 1.00. The van der Waals surface area contributed by atoms with Gasteiger partial charge in [0.15, 0.2) is 0 Å². The molecule has 0 heterocycles. The summed E-state index contributed by atoms with van der Waals surface area (Å²) < 4.78 is 13.1. The van der Waals surface area contributed by atoms with Crippen molar-refractivity contribution in [3.05, 3.63) is 0 Å². The lowest BCUT2D eigenvalue weighted by atomic mass is 9.93. The van der Waals surface area contributed by atoms with Crippen LogP contribution in [0.5, 0.6) is 0 Å². The Morgan fingerprint density at radius 2 is 1.70 bits per heavy atom. The van der Waals surface area contributed by atoms with Crippen LogP contribution in [0.2, 0.25) is 0 Å². The van der Waals surface area contributed by atoms with E-state index >= 15 is 0 Å². The molecular weight excluding hydrogens is 127 g/mol. The first-order chi connectivity index (χ1) is 4.59. The molecule has 0 aliphatic rings. The molecule has 2 atom stereocenters. The van der Waals surface area contributed by atoms with Crippen LogP contribution in [-0.2, 0) is 0 Å². The number of alkyl halides is 1. The highest BCUT2D eigenvalue weighted by molar-refractivity contribution is 4.67. The predicted octanol–water partition coefficient (Wildman–Crippen LogP) is 3.42. The zero-order chi connectivity index (χ0) is 8.15. The fourth-order valence-corrected chi connectivity index (χ4v) is 1.27. The maximum absolute atomic E-state index is 13.1. The molecule has 0 saturated heterocycles. The second kappa shape index (κ2) is 4.70. The quantitative estimate of drug-likeness (QED) is 0.570. The minimum Gasteiger partial charge on any atom is -0.247 e. The van der Waals surface area contributed by atoms with Crippen LogP contribution in [0.4, 0.5) is 4.39 Å². The average Bonchev–Trinajstić information content (AvgIpc) is 1.87. The molecule has 62 valence electrons. The van der Waals surface area contributed by atoms with Gasteiger partial charge in [0.1, 0.15) is 6.17 Å². The van der Waals surface area contributed by atoms with Gasteiger partial charge in [-0.25, -0.2) is 4.39 Å². The van der Waals surface area contributed by atoms with Crippen molar-refractivity contribution < 1.29 is 4.39 Å². The maximum atomic E-state index is 13.1. The standard InChI is InChI=1S/C9H19F/c1-5-6-8(4)9(10)7(2)3/h7-9H,5-6H2,1-4H3. The van der Waals surface area contributed by atoms with Crippen molar-refractivity contribution in [3.8, 4) is 0 Å². The molecule has 0 nitrogen and oxygen atoms in total. The molecule has 2 unspecified atom stereocenters. The predicted molar refractivity (Wildman–Crippen MR) is 43.8 cm³/mol. The number of hydrogen-bond acceptors (Lipinski definition) is 0. The van der Waals surface area contributed by atoms with Crippen LogP contribution in [-0.4, -0.2) is 6.17 Å². The zero-order valence-corrected chi connectivity index (χ0v) is 7.52. The van der Waals surface area contributed by atoms with E-state index in [9.17, 15) is 4.39 Å². The molecule has 0 spiro atoms. The summed E-state index contributed by atoms with van der Waals surface area (Å²) in [5.74, 6) is 0.423. The molecule has 0 fully saturated rings. The molecule has 0 bridgehead atoms. The normalized spacial score (nSPS) is 17.4. The molecule has 0 saturated carbocycles. The highest BCUT2D eigenvalue weighted by Crippen LogP contribution is 2.20. The number of hydrogen-bond donors (Lipinski definition) is 0. The van der Waals surface area contributed by atoms with E-state index in [1.54, 1.807) is 0 Å². The summed E-state index contributed by atoms with van der Waals surface area (Å²) >= 11 is 0. The van der Waals surface area contributed by atoms with Gasteiger partial charge in [-0.15, -0.1) is 0 Å². The molecule has 0 rings (SSSR count). The minimum atomic E-state index is -0.611. The van der Waals surface area contributed by atoms with Gasteiger partial charge in [0.25, 0.3) is 0 Å². The van der Waals surface area contributed by atoms with Crippen LogP contribution < -0.4 is 0 Å². The summed E-state index contributed by atoms with van der Waals surface area (Å²) in [6.45, 7) is 7.98. The molecule has 0 N–H and O–H groups in total. The van der Waals surface area contributed by atoms with Crippen molar-refractivity contribution in [2.45, 2.75) is 46.7 Å². The summed E-state index contributed by atoms with van der Waals surface area (Å²) in [4.78, 5) is 0. The SMILES string of the molecule is CCCC(C)C(F)C(C)C. The minimum absolute atomic E-state index is 0.182. The van der Waals surface area contributed by atoms with E-state index in [0.717, 1.165) is 12.8 Å². The lowest BCUT2D eigenvalue weighted by Crippen LogP contribution is -2.18. The topological polar surface area (TPSA) is 0 Å². The molecule has 0 aromatic carbocycles. The molecule has 0 aromatic heterocycles. The van der Waals surface area contributed by atoms with Crippen molar-refractivity contribution >= 4 is 0 Å². The summed E-state index contributed by atoms with van der Waals surface area (Å²) in [6, 6.07) is 0. The maximum Gasteiger partial charge on any atom is 0.105 e. The summed E-state index contributed by atoms with van der Waals surface area (Å²) in [5.41, 5.74) is 0. The van der Waals surface area contributed by atoms with E-state index in [0.29, 0.717) is 0 Å². The van der Waals surface area contributed by atoms with E-state index in [1.807, 2.05) is 20.8 Å². The van der Waals surface area contributed by atoms with Crippen LogP contribution in [0.15, 0.2) is 0 Å². The third kappa shape index (κ3) is 3.19. The van der Waals surface area contributed by atoms with Crippen LogP contribution in [0.3, 0.4) is 0 Å². The fourth-order valence-electron chi connectivity index (χ4n) is 1.27. The van der Waals surface area contributed by atoms with Crippen molar-refractivity contribution in [3.63, 3.8) is 0 Å². The highest BCUT2D eigenvalue weighted by Gasteiger charge is 2.18. The molecule has 0 aliphatic carbocycles. The summed E-state index contributed by atoms with van der Waals surface area (Å²) in [6.07, 6.45) is 1.49. The van der Waals surface area contributed by atoms with Gasteiger partial charge < -0.3 is 0 Å². The monoisotopic (exact) mass is 146 g/mol. The van der Waals surface area contributed by atoms with E-state index in [-0.39, 0.29) is 11.8 Å². The molecule has 1 heteroatoms. The Balaban J connectivity index is 3.58. The number of rotatable bonds is 4. The number of halogens is 1. The van der Waals surface area contributed by atoms with E-state index in [2.05, 4.69) is 6.92 Å². The Morgan fingerprint density at radius 1 is 1.20 bits per heavy atom. The molecule has 0 radical (unpaired) electrons. The van der Waals surface area contributed by atoms with Gasteiger partial charge in [0.2, 0.25) is 0 Å². The first-order valence-electron chi connectivity index (χ1n) is 4.23. The van der Waals surface area contributed by atoms with Gasteiger partial charge in [0.05, 0.1) is 0 Å². The molecule has 0 aromatic rings. The first kappa shape index (κ1) is 9.93. The van der Waals surface area contributed by atoms with Crippen molar-refractivity contribution in [1.82, 2.24) is 0 Å². The van der Waals surface area contributed by atoms with Gasteiger partial charge in [0, 0.05) is 0 Å². The van der Waals surface area contributed by atoms with Crippen LogP contribution >= 0.6 is 0 Å². The van der Waals surface area contributed by atoms with Crippen molar-refractivity contribution in [2.24, 2.45) is 11.8 Å². The van der Waals surface area contributed by atoms with Gasteiger partial charge >= 0.3 is 0 Å². The molecular formula is C9H19F. The van der Waals surface area contributed by atoms with Crippen molar-refractivity contribution in [1.29, 1.82) is 0 Å². The summed E-state index contributed by atoms with van der Waals surface area (Å²) in [7, 11) is 0. The van der Waals surface area contributed by atoms with E-state index in [1.165, 1.54) is 0 Å². The largest absolute Gasteiger partial charge is 0.247 e. The summed E-state index contributed by atoms with van der Waals surface area (Å²) in [5, 5.41) is 0. The second-order valence-corrected chi connectivity index (χ2v) is 3.45. The van der Waals surface area contributed by atoms with Gasteiger partial charge in [-0.2, -0.15) is 0 Å². The van der Waals surface area contributed by atoms with E-state index in [4.69, 9.17) is 0 Å². The highest BCUT2D eigenvalue weighted by atomic mass is 19.1. The van der Waals surface area contributed by atoms with Gasteiger partial charge in [-0.3, -0.25) is 0 Å². The van der Waals surface area contributed by atoms with Gasteiger partial charge in [-0.1, -0.05) is 34.1 Å². The Bertz CT molecular complexity index is 78.8. The molecule has 0 aliphatic heterocycles. The van der Waals surface area contributed by atoms with Crippen LogP contribution in [0.1, 0.15) is 40.5 Å². The lowest BCUT2D eigenvalue weighted by Gasteiger charge is -2.18. The van der Waals surface area contributed by atoms with Crippen LogP contribution in [0.25, 0.3) is 0 Å². The Labute approximate surface area is 63.8 Å². The first-order valence-corrected chi connectivity index (χ1v) is 4.23. The second-order valence-electron chi connectivity index (χ2n) is 3.45. The molecule has 0 amide bonds. The van der Waals surface area contributed by atoms with E-state index < -0.39 is 6.17 Å². The Morgan fingerprint density at radius 3 is 2.00 bits per heavy atom. The average molecular weight is 146 g/mol. The Kier molecular flexibility index (Phi) is 4.67. The third-order valence-corrected chi connectivity index (χ3v) is 1.92. The molecule has 10 heavy (non-hydrogen) atoms. The van der Waals surface area contributed by atoms with Crippen LogP contribution in [0, 0.1) is 11.8 Å². The van der Waals surface area contributed by atoms with Crippen molar-refractivity contribution in [2.75, 3.05) is 0 Å². The third-order valence-electron chi connectivity index (χ3n) is 1.92. The van der Waals surface area contributed by atoms with Gasteiger partial charge in [-0.05, 0) is 18.3 Å². The smallest absolute Gasteiger partial charge is 0.105 e.